The molecule has 1 aliphatic heterocycles. The number of rotatable bonds is 3. The lowest BCUT2D eigenvalue weighted by Gasteiger charge is -2.30. The van der Waals surface area contributed by atoms with Crippen LogP contribution in [0.3, 0.4) is 0 Å². The Hall–Kier alpha value is -1.18. The Labute approximate surface area is 131 Å². The van der Waals surface area contributed by atoms with Crippen molar-refractivity contribution in [2.75, 3.05) is 38.6 Å². The molecule has 1 aliphatic rings. The molecule has 0 aliphatic carbocycles. The number of ether oxygens (including phenoxy) is 1. The third-order valence-corrected chi connectivity index (χ3v) is 4.43. The van der Waals surface area contributed by atoms with E-state index >= 15 is 0 Å². The molecule has 0 radical (unpaired) electrons. The van der Waals surface area contributed by atoms with Crippen molar-refractivity contribution in [3.05, 3.63) is 22.4 Å². The Kier molecular flexibility index (Phi) is 4.14. The molecule has 21 heavy (non-hydrogen) atoms. The second kappa shape index (κ2) is 5.90. The van der Waals surface area contributed by atoms with Crippen molar-refractivity contribution in [2.24, 2.45) is 0 Å². The first-order chi connectivity index (χ1) is 10.1. The van der Waals surface area contributed by atoms with Gasteiger partial charge in [0.2, 0.25) is 5.95 Å². The van der Waals surface area contributed by atoms with Crippen LogP contribution in [0.2, 0.25) is 0 Å². The minimum atomic E-state index is -0.303. The second-order valence-electron chi connectivity index (χ2n) is 5.36. The minimum absolute atomic E-state index is 0.119. The SMILES string of the molecule is CC(CN1CCOCC1)n1c(N)nc2cc(Br)c(F)cc21. The first-order valence-corrected chi connectivity index (χ1v) is 7.78. The summed E-state index contributed by atoms with van der Waals surface area (Å²) in [6.07, 6.45) is 0. The van der Waals surface area contributed by atoms with Gasteiger partial charge in [0.1, 0.15) is 5.82 Å². The molecule has 1 atom stereocenters. The topological polar surface area (TPSA) is 56.3 Å². The summed E-state index contributed by atoms with van der Waals surface area (Å²) in [4.78, 5) is 6.66. The zero-order chi connectivity index (χ0) is 15.0. The van der Waals surface area contributed by atoms with Gasteiger partial charge in [0.25, 0.3) is 0 Å². The van der Waals surface area contributed by atoms with E-state index < -0.39 is 0 Å². The maximum atomic E-state index is 13.8. The van der Waals surface area contributed by atoms with E-state index in [4.69, 9.17) is 10.5 Å². The molecule has 5 nitrogen and oxygen atoms in total. The van der Waals surface area contributed by atoms with E-state index in [1.54, 1.807) is 6.07 Å². The maximum absolute atomic E-state index is 13.8. The third kappa shape index (κ3) is 2.90. The quantitative estimate of drug-likeness (QED) is 0.917. The van der Waals surface area contributed by atoms with Crippen molar-refractivity contribution in [3.8, 4) is 0 Å². The zero-order valence-corrected chi connectivity index (χ0v) is 13.4. The van der Waals surface area contributed by atoms with Crippen LogP contribution in [0.1, 0.15) is 13.0 Å². The number of aromatic nitrogens is 2. The molecular weight excluding hydrogens is 339 g/mol. The molecule has 3 rings (SSSR count). The second-order valence-corrected chi connectivity index (χ2v) is 6.21. The number of benzene rings is 1. The molecule has 114 valence electrons. The normalized spacial score (nSPS) is 18.2. The maximum Gasteiger partial charge on any atom is 0.201 e. The molecule has 7 heteroatoms. The Morgan fingerprint density at radius 2 is 2.14 bits per heavy atom. The number of hydrogen-bond donors (Lipinski definition) is 1. The summed E-state index contributed by atoms with van der Waals surface area (Å²) < 4.78 is 21.5. The first-order valence-electron chi connectivity index (χ1n) is 6.99. The van der Waals surface area contributed by atoms with Gasteiger partial charge in [-0.1, -0.05) is 0 Å². The molecule has 0 amide bonds. The van der Waals surface area contributed by atoms with Gasteiger partial charge < -0.3 is 15.0 Å². The summed E-state index contributed by atoms with van der Waals surface area (Å²) in [5.41, 5.74) is 7.46. The van der Waals surface area contributed by atoms with Gasteiger partial charge in [0, 0.05) is 31.7 Å². The predicted octanol–water partition coefficient (Wildman–Crippen LogP) is 2.41. The number of morpholine rings is 1. The summed E-state index contributed by atoms with van der Waals surface area (Å²) in [5, 5.41) is 0. The lowest BCUT2D eigenvalue weighted by molar-refractivity contribution is 0.0329. The lowest BCUT2D eigenvalue weighted by Crippen LogP contribution is -2.39. The number of nitrogen functional groups attached to an aromatic ring is 1. The average molecular weight is 357 g/mol. The van der Waals surface area contributed by atoms with Crippen molar-refractivity contribution in [2.45, 2.75) is 13.0 Å². The Balaban J connectivity index is 1.91. The van der Waals surface area contributed by atoms with Gasteiger partial charge in [-0.25, -0.2) is 9.37 Å². The van der Waals surface area contributed by atoms with Gasteiger partial charge in [-0.05, 0) is 28.9 Å². The molecular formula is C14H18BrFN4O. The Morgan fingerprint density at radius 1 is 1.43 bits per heavy atom. The fourth-order valence-corrected chi connectivity index (χ4v) is 3.14. The molecule has 2 heterocycles. The van der Waals surface area contributed by atoms with Gasteiger partial charge in [-0.2, -0.15) is 0 Å². The fourth-order valence-electron chi connectivity index (χ4n) is 2.81. The van der Waals surface area contributed by atoms with Crippen LogP contribution in [0.4, 0.5) is 10.3 Å². The van der Waals surface area contributed by atoms with E-state index in [-0.39, 0.29) is 11.9 Å². The summed E-state index contributed by atoms with van der Waals surface area (Å²) in [6, 6.07) is 3.27. The highest BCUT2D eigenvalue weighted by Gasteiger charge is 2.19. The zero-order valence-electron chi connectivity index (χ0n) is 11.9. The predicted molar refractivity (Wildman–Crippen MR) is 83.8 cm³/mol. The van der Waals surface area contributed by atoms with Gasteiger partial charge in [0.05, 0.1) is 28.7 Å². The van der Waals surface area contributed by atoms with Crippen LogP contribution in [0, 0.1) is 5.82 Å². The summed E-state index contributed by atoms with van der Waals surface area (Å²) in [5.74, 6) is 0.116. The molecule has 1 unspecified atom stereocenters. The van der Waals surface area contributed by atoms with Crippen LogP contribution in [0.25, 0.3) is 11.0 Å². The Bertz CT molecular complexity index is 654. The highest BCUT2D eigenvalue weighted by atomic mass is 79.9. The van der Waals surface area contributed by atoms with E-state index in [1.807, 2.05) is 4.57 Å². The summed E-state index contributed by atoms with van der Waals surface area (Å²) in [6.45, 7) is 6.26. The molecule has 1 saturated heterocycles. The van der Waals surface area contributed by atoms with Crippen molar-refractivity contribution in [1.82, 2.24) is 14.5 Å². The fraction of sp³-hybridized carbons (Fsp3) is 0.500. The van der Waals surface area contributed by atoms with Gasteiger partial charge in [0.15, 0.2) is 0 Å². The van der Waals surface area contributed by atoms with Gasteiger partial charge in [-0.3, -0.25) is 4.90 Å². The molecule has 1 aromatic carbocycles. The van der Waals surface area contributed by atoms with E-state index in [2.05, 4.69) is 32.7 Å². The van der Waals surface area contributed by atoms with Crippen molar-refractivity contribution >= 4 is 32.9 Å². The van der Waals surface area contributed by atoms with E-state index in [9.17, 15) is 4.39 Å². The molecule has 0 spiro atoms. The standard InChI is InChI=1S/C14H18BrFN4O/c1-9(8-19-2-4-21-5-3-19)20-13-7-11(16)10(15)6-12(13)18-14(20)17/h6-7,9H,2-5,8H2,1H3,(H2,17,18). The molecule has 2 N–H and O–H groups in total. The minimum Gasteiger partial charge on any atom is -0.379 e. The summed E-state index contributed by atoms with van der Waals surface area (Å²) >= 11 is 3.18. The first kappa shape index (κ1) is 14.7. The van der Waals surface area contributed by atoms with E-state index in [1.165, 1.54) is 6.07 Å². The number of fused-ring (bicyclic) bond motifs is 1. The lowest BCUT2D eigenvalue weighted by atomic mass is 10.2. The number of imidazole rings is 1. The molecule has 0 saturated carbocycles. The van der Waals surface area contributed by atoms with Crippen LogP contribution in [0.5, 0.6) is 0 Å². The van der Waals surface area contributed by atoms with Gasteiger partial charge in [-0.15, -0.1) is 0 Å². The van der Waals surface area contributed by atoms with Crippen molar-refractivity contribution in [1.29, 1.82) is 0 Å². The highest BCUT2D eigenvalue weighted by molar-refractivity contribution is 9.10. The highest BCUT2D eigenvalue weighted by Crippen LogP contribution is 2.28. The number of hydrogen-bond acceptors (Lipinski definition) is 4. The van der Waals surface area contributed by atoms with Crippen LogP contribution in [-0.2, 0) is 4.74 Å². The molecule has 1 fully saturated rings. The van der Waals surface area contributed by atoms with Crippen molar-refractivity contribution in [3.63, 3.8) is 0 Å². The largest absolute Gasteiger partial charge is 0.379 e. The van der Waals surface area contributed by atoms with Crippen LogP contribution < -0.4 is 5.73 Å². The third-order valence-electron chi connectivity index (χ3n) is 3.83. The molecule has 1 aromatic heterocycles. The van der Waals surface area contributed by atoms with Crippen LogP contribution in [-0.4, -0.2) is 47.3 Å². The number of anilines is 1. The van der Waals surface area contributed by atoms with E-state index in [0.29, 0.717) is 15.9 Å². The number of nitrogens with two attached hydrogens (primary N) is 1. The molecule has 0 bridgehead atoms. The van der Waals surface area contributed by atoms with Gasteiger partial charge >= 0.3 is 0 Å². The number of nitrogens with zero attached hydrogens (tertiary/aromatic N) is 3. The van der Waals surface area contributed by atoms with Crippen LogP contribution in [0.15, 0.2) is 16.6 Å². The smallest absolute Gasteiger partial charge is 0.201 e. The monoisotopic (exact) mass is 356 g/mol. The Morgan fingerprint density at radius 3 is 2.86 bits per heavy atom. The van der Waals surface area contributed by atoms with Crippen molar-refractivity contribution < 1.29 is 9.13 Å². The van der Waals surface area contributed by atoms with Crippen LogP contribution >= 0.6 is 15.9 Å². The summed E-state index contributed by atoms with van der Waals surface area (Å²) in [7, 11) is 0. The number of halogens is 2. The average Bonchev–Trinajstić information content (AvgIpc) is 2.75. The van der Waals surface area contributed by atoms with E-state index in [0.717, 1.165) is 38.4 Å². The molecule has 2 aromatic rings.